The van der Waals surface area contributed by atoms with Crippen LogP contribution in [0.1, 0.15) is 17.6 Å². The Kier molecular flexibility index (Phi) is 3.04. The molecule has 3 heterocycles. The van der Waals surface area contributed by atoms with Crippen molar-refractivity contribution in [2.24, 2.45) is 0 Å². The van der Waals surface area contributed by atoms with E-state index in [1.807, 2.05) is 29.1 Å². The van der Waals surface area contributed by atoms with E-state index < -0.39 is 0 Å². The molecule has 92 valence electrons. The number of likely N-dealkylation sites (N-methyl/N-ethyl adjacent to an activating group) is 1. The topological polar surface area (TPSA) is 55.1 Å². The zero-order chi connectivity index (χ0) is 12.4. The summed E-state index contributed by atoms with van der Waals surface area (Å²) in [5.41, 5.74) is 1.05. The lowest BCUT2D eigenvalue weighted by molar-refractivity contribution is 0.552. The van der Waals surface area contributed by atoms with E-state index in [-0.39, 0.29) is 6.04 Å². The minimum Gasteiger partial charge on any atom is -0.310 e. The molecule has 6 heteroatoms. The van der Waals surface area contributed by atoms with Gasteiger partial charge in [0, 0.05) is 36.6 Å². The number of hydrogen-bond acceptors (Lipinski definition) is 5. The van der Waals surface area contributed by atoms with E-state index in [0.717, 1.165) is 22.9 Å². The van der Waals surface area contributed by atoms with Crippen LogP contribution in [0, 0.1) is 0 Å². The van der Waals surface area contributed by atoms with Crippen LogP contribution in [0.5, 0.6) is 0 Å². The SMILES string of the molecule is CNC(Cc1cn2ccsc2n1)c1ncccn1. The lowest BCUT2D eigenvalue weighted by Crippen LogP contribution is -2.21. The minimum absolute atomic E-state index is 0.0933. The van der Waals surface area contributed by atoms with Crippen LogP contribution in [0.15, 0.2) is 36.2 Å². The second-order valence-corrected chi connectivity index (χ2v) is 4.85. The number of hydrogen-bond donors (Lipinski definition) is 1. The van der Waals surface area contributed by atoms with Crippen LogP contribution in [0.25, 0.3) is 4.96 Å². The third kappa shape index (κ3) is 2.12. The summed E-state index contributed by atoms with van der Waals surface area (Å²) in [6.07, 6.45) is 8.38. The van der Waals surface area contributed by atoms with Crippen molar-refractivity contribution in [1.29, 1.82) is 0 Å². The van der Waals surface area contributed by atoms with E-state index in [0.29, 0.717) is 0 Å². The number of nitrogens with zero attached hydrogens (tertiary/aromatic N) is 4. The summed E-state index contributed by atoms with van der Waals surface area (Å²) in [5, 5.41) is 5.26. The summed E-state index contributed by atoms with van der Waals surface area (Å²) in [7, 11) is 1.92. The number of imidazole rings is 1. The van der Waals surface area contributed by atoms with Crippen LogP contribution in [-0.4, -0.2) is 26.4 Å². The fourth-order valence-electron chi connectivity index (χ4n) is 1.90. The lowest BCUT2D eigenvalue weighted by Gasteiger charge is -2.12. The Morgan fingerprint density at radius 2 is 2.22 bits per heavy atom. The van der Waals surface area contributed by atoms with Gasteiger partial charge in [-0.2, -0.15) is 0 Å². The summed E-state index contributed by atoms with van der Waals surface area (Å²) in [5.74, 6) is 0.802. The fraction of sp³-hybridized carbons (Fsp3) is 0.250. The quantitative estimate of drug-likeness (QED) is 0.774. The van der Waals surface area contributed by atoms with Crippen LogP contribution in [0.2, 0.25) is 0 Å². The molecule has 18 heavy (non-hydrogen) atoms. The van der Waals surface area contributed by atoms with E-state index >= 15 is 0 Å². The maximum Gasteiger partial charge on any atom is 0.193 e. The van der Waals surface area contributed by atoms with Gasteiger partial charge in [0.15, 0.2) is 4.96 Å². The predicted octanol–water partition coefficient (Wildman–Crippen LogP) is 1.69. The van der Waals surface area contributed by atoms with Crippen molar-refractivity contribution in [3.05, 3.63) is 47.8 Å². The van der Waals surface area contributed by atoms with Crippen LogP contribution >= 0.6 is 11.3 Å². The first-order chi connectivity index (χ1) is 8.86. The summed E-state index contributed by atoms with van der Waals surface area (Å²) >= 11 is 1.64. The van der Waals surface area contributed by atoms with Crippen LogP contribution < -0.4 is 5.32 Å². The van der Waals surface area contributed by atoms with Crippen molar-refractivity contribution < 1.29 is 0 Å². The predicted molar refractivity (Wildman–Crippen MR) is 70.6 cm³/mol. The smallest absolute Gasteiger partial charge is 0.193 e. The Morgan fingerprint density at radius 3 is 2.94 bits per heavy atom. The van der Waals surface area contributed by atoms with Gasteiger partial charge in [0.1, 0.15) is 5.82 Å². The van der Waals surface area contributed by atoms with Crippen LogP contribution in [0.3, 0.4) is 0 Å². The van der Waals surface area contributed by atoms with Gasteiger partial charge in [0.05, 0.1) is 11.7 Å². The van der Waals surface area contributed by atoms with Crippen molar-refractivity contribution in [2.45, 2.75) is 12.5 Å². The third-order valence-corrected chi connectivity index (χ3v) is 3.57. The van der Waals surface area contributed by atoms with Crippen molar-refractivity contribution in [3.63, 3.8) is 0 Å². The third-order valence-electron chi connectivity index (χ3n) is 2.80. The monoisotopic (exact) mass is 259 g/mol. The van der Waals surface area contributed by atoms with Gasteiger partial charge in [0.2, 0.25) is 0 Å². The summed E-state index contributed by atoms with van der Waals surface area (Å²) < 4.78 is 2.04. The van der Waals surface area contributed by atoms with Gasteiger partial charge in [-0.15, -0.1) is 11.3 Å². The Bertz CT molecular complexity index is 602. The molecule has 0 amide bonds. The molecule has 3 aromatic heterocycles. The first-order valence-corrected chi connectivity index (χ1v) is 6.60. The average Bonchev–Trinajstić information content (AvgIpc) is 2.97. The van der Waals surface area contributed by atoms with Crippen molar-refractivity contribution in [3.8, 4) is 0 Å². The van der Waals surface area contributed by atoms with Crippen LogP contribution in [0.4, 0.5) is 0 Å². The Morgan fingerprint density at radius 1 is 1.39 bits per heavy atom. The highest BCUT2D eigenvalue weighted by Crippen LogP contribution is 2.16. The molecule has 3 rings (SSSR count). The molecule has 1 N–H and O–H groups in total. The molecule has 3 aromatic rings. The van der Waals surface area contributed by atoms with Crippen molar-refractivity contribution in [1.82, 2.24) is 24.7 Å². The number of thiazole rings is 1. The number of aromatic nitrogens is 4. The first kappa shape index (κ1) is 11.3. The molecule has 0 bridgehead atoms. The number of nitrogens with one attached hydrogen (secondary N) is 1. The van der Waals surface area contributed by atoms with Gasteiger partial charge < -0.3 is 5.32 Å². The average molecular weight is 259 g/mol. The molecule has 0 fully saturated rings. The molecule has 1 unspecified atom stereocenters. The van der Waals surface area contributed by atoms with E-state index in [1.54, 1.807) is 23.7 Å². The normalized spacial score (nSPS) is 12.9. The first-order valence-electron chi connectivity index (χ1n) is 5.72. The largest absolute Gasteiger partial charge is 0.310 e. The van der Waals surface area contributed by atoms with Crippen molar-refractivity contribution >= 4 is 16.3 Å². The van der Waals surface area contributed by atoms with Gasteiger partial charge in [0.25, 0.3) is 0 Å². The molecular formula is C12H13N5S. The van der Waals surface area contributed by atoms with Crippen LogP contribution in [-0.2, 0) is 6.42 Å². The van der Waals surface area contributed by atoms with Gasteiger partial charge in [-0.3, -0.25) is 4.40 Å². The molecule has 1 atom stereocenters. The second kappa shape index (κ2) is 4.83. The molecule has 0 saturated heterocycles. The zero-order valence-corrected chi connectivity index (χ0v) is 10.8. The molecule has 0 aliphatic heterocycles. The van der Waals surface area contributed by atoms with E-state index in [4.69, 9.17) is 0 Å². The number of fused-ring (bicyclic) bond motifs is 1. The standard InChI is InChI=1S/C12H13N5S/c1-13-10(11-14-3-2-4-15-11)7-9-8-17-5-6-18-12(17)16-9/h2-6,8,10,13H,7H2,1H3. The minimum atomic E-state index is 0.0933. The fourth-order valence-corrected chi connectivity index (χ4v) is 2.62. The van der Waals surface area contributed by atoms with E-state index in [1.165, 1.54) is 0 Å². The highest BCUT2D eigenvalue weighted by atomic mass is 32.1. The summed E-state index contributed by atoms with van der Waals surface area (Å²) in [6.45, 7) is 0. The van der Waals surface area contributed by atoms with Crippen molar-refractivity contribution in [2.75, 3.05) is 7.05 Å². The molecule has 0 aliphatic carbocycles. The molecule has 0 radical (unpaired) electrons. The van der Waals surface area contributed by atoms with Gasteiger partial charge in [-0.1, -0.05) is 0 Å². The van der Waals surface area contributed by atoms with E-state index in [9.17, 15) is 0 Å². The molecule has 0 aromatic carbocycles. The van der Waals surface area contributed by atoms with E-state index in [2.05, 4.69) is 26.5 Å². The van der Waals surface area contributed by atoms with Gasteiger partial charge >= 0.3 is 0 Å². The molecule has 5 nitrogen and oxygen atoms in total. The molecule has 0 spiro atoms. The Labute approximate surface area is 109 Å². The Balaban J connectivity index is 1.84. The molecule has 0 aliphatic rings. The second-order valence-electron chi connectivity index (χ2n) is 3.98. The number of rotatable bonds is 4. The zero-order valence-electron chi connectivity index (χ0n) is 9.95. The lowest BCUT2D eigenvalue weighted by atomic mass is 10.1. The van der Waals surface area contributed by atoms with Gasteiger partial charge in [-0.25, -0.2) is 15.0 Å². The van der Waals surface area contributed by atoms with Gasteiger partial charge in [-0.05, 0) is 13.1 Å². The summed E-state index contributed by atoms with van der Waals surface area (Å²) in [4.78, 5) is 14.2. The Hall–Kier alpha value is -1.79. The molecular weight excluding hydrogens is 246 g/mol. The highest BCUT2D eigenvalue weighted by Gasteiger charge is 2.14. The summed E-state index contributed by atoms with van der Waals surface area (Å²) in [6, 6.07) is 1.92. The maximum atomic E-state index is 4.57. The maximum absolute atomic E-state index is 4.57. The highest BCUT2D eigenvalue weighted by molar-refractivity contribution is 7.15. The molecule has 0 saturated carbocycles.